The fraction of sp³-hybridized carbons (Fsp3) is 0.667. The first-order valence-electron chi connectivity index (χ1n) is 9.81. The van der Waals surface area contributed by atoms with Crippen molar-refractivity contribution in [3.63, 3.8) is 0 Å². The molecule has 1 aliphatic carbocycles. The zero-order chi connectivity index (χ0) is 16.7. The lowest BCUT2D eigenvalue weighted by Crippen LogP contribution is -2.40. The Morgan fingerprint density at radius 1 is 1.12 bits per heavy atom. The zero-order valence-electron chi connectivity index (χ0n) is 15.3. The first-order valence-corrected chi connectivity index (χ1v) is 9.81. The maximum Gasteiger partial charge on any atom is 0.220 e. The van der Waals surface area contributed by atoms with E-state index in [0.29, 0.717) is 12.3 Å². The summed E-state index contributed by atoms with van der Waals surface area (Å²) in [5.74, 6) is 0.929. The molecule has 1 saturated heterocycles. The molecule has 0 bridgehead atoms. The third-order valence-electron chi connectivity index (χ3n) is 6.01. The number of rotatable bonds is 6. The van der Waals surface area contributed by atoms with Gasteiger partial charge in [0, 0.05) is 18.4 Å². The standard InChI is InChI=1S/C21H32N2O.ClH/c24-20(11-10-18-12-15-22-16-18)23-17-21(13-6-1-2-7-14-21)19-8-4-3-5-9-19;/h3-5,8-9,18,22H,1-2,6-7,10-17H2,(H,23,24);1H. The van der Waals surface area contributed by atoms with Gasteiger partial charge in [0.05, 0.1) is 0 Å². The van der Waals surface area contributed by atoms with E-state index >= 15 is 0 Å². The number of hydrogen-bond acceptors (Lipinski definition) is 2. The van der Waals surface area contributed by atoms with Crippen LogP contribution in [0.15, 0.2) is 30.3 Å². The molecule has 25 heavy (non-hydrogen) atoms. The molecule has 1 aromatic carbocycles. The van der Waals surface area contributed by atoms with Gasteiger partial charge in [-0.3, -0.25) is 4.79 Å². The first-order chi connectivity index (χ1) is 11.8. The van der Waals surface area contributed by atoms with E-state index in [2.05, 4.69) is 41.0 Å². The highest BCUT2D eigenvalue weighted by Gasteiger charge is 2.33. The van der Waals surface area contributed by atoms with Crippen LogP contribution in [-0.4, -0.2) is 25.5 Å². The molecule has 2 aliphatic rings. The Bertz CT molecular complexity index is 506. The Balaban J connectivity index is 0.00000225. The van der Waals surface area contributed by atoms with Crippen LogP contribution in [0.4, 0.5) is 0 Å². The van der Waals surface area contributed by atoms with Crippen molar-refractivity contribution < 1.29 is 4.79 Å². The van der Waals surface area contributed by atoms with E-state index in [4.69, 9.17) is 0 Å². The number of hydrogen-bond donors (Lipinski definition) is 2. The molecule has 3 nitrogen and oxygen atoms in total. The van der Waals surface area contributed by atoms with Gasteiger partial charge in [0.1, 0.15) is 0 Å². The van der Waals surface area contributed by atoms with Crippen LogP contribution in [0.2, 0.25) is 0 Å². The maximum atomic E-state index is 12.4. The van der Waals surface area contributed by atoms with Crippen molar-refractivity contribution in [1.29, 1.82) is 0 Å². The summed E-state index contributed by atoms with van der Waals surface area (Å²) in [6, 6.07) is 10.9. The largest absolute Gasteiger partial charge is 0.355 e. The van der Waals surface area contributed by atoms with E-state index in [1.807, 2.05) is 0 Å². The third kappa shape index (κ3) is 5.72. The summed E-state index contributed by atoms with van der Waals surface area (Å²) in [4.78, 5) is 12.4. The second-order valence-electron chi connectivity index (χ2n) is 7.73. The highest BCUT2D eigenvalue weighted by Crippen LogP contribution is 2.37. The normalized spacial score (nSPS) is 22.6. The van der Waals surface area contributed by atoms with Crippen molar-refractivity contribution in [1.82, 2.24) is 10.6 Å². The molecule has 140 valence electrons. The van der Waals surface area contributed by atoms with Gasteiger partial charge in [-0.05, 0) is 50.3 Å². The van der Waals surface area contributed by atoms with Crippen molar-refractivity contribution in [2.24, 2.45) is 5.92 Å². The summed E-state index contributed by atoms with van der Waals surface area (Å²) in [5, 5.41) is 6.67. The van der Waals surface area contributed by atoms with Gasteiger partial charge in [-0.2, -0.15) is 0 Å². The fourth-order valence-corrected chi connectivity index (χ4v) is 4.42. The molecule has 1 unspecified atom stereocenters. The molecule has 1 saturated carbocycles. The minimum Gasteiger partial charge on any atom is -0.355 e. The predicted octanol–water partition coefficient (Wildman–Crippen LogP) is 4.21. The van der Waals surface area contributed by atoms with Crippen LogP contribution in [0.1, 0.15) is 63.4 Å². The van der Waals surface area contributed by atoms with Crippen LogP contribution in [0.3, 0.4) is 0 Å². The minimum absolute atomic E-state index is 0. The molecule has 0 spiro atoms. The van der Waals surface area contributed by atoms with E-state index < -0.39 is 0 Å². The Hall–Kier alpha value is -1.06. The van der Waals surface area contributed by atoms with E-state index in [9.17, 15) is 4.79 Å². The van der Waals surface area contributed by atoms with Crippen LogP contribution >= 0.6 is 12.4 Å². The summed E-state index contributed by atoms with van der Waals surface area (Å²) in [6.07, 6.45) is 10.5. The van der Waals surface area contributed by atoms with Crippen molar-refractivity contribution >= 4 is 18.3 Å². The number of nitrogens with one attached hydrogen (secondary N) is 2. The van der Waals surface area contributed by atoms with Gasteiger partial charge < -0.3 is 10.6 Å². The lowest BCUT2D eigenvalue weighted by molar-refractivity contribution is -0.121. The topological polar surface area (TPSA) is 41.1 Å². The van der Waals surface area contributed by atoms with Crippen molar-refractivity contribution in [3.05, 3.63) is 35.9 Å². The van der Waals surface area contributed by atoms with Gasteiger partial charge >= 0.3 is 0 Å². The van der Waals surface area contributed by atoms with Crippen molar-refractivity contribution in [2.75, 3.05) is 19.6 Å². The summed E-state index contributed by atoms with van der Waals surface area (Å²) >= 11 is 0. The number of carbonyl (C=O) groups excluding carboxylic acids is 1. The average Bonchev–Trinajstić information content (AvgIpc) is 3.03. The summed E-state index contributed by atoms with van der Waals surface area (Å²) < 4.78 is 0. The van der Waals surface area contributed by atoms with Gasteiger partial charge in [-0.1, -0.05) is 56.0 Å². The SMILES string of the molecule is Cl.O=C(CCC1CCNC1)NCC1(c2ccccc2)CCCCCC1. The minimum atomic E-state index is 0. The highest BCUT2D eigenvalue weighted by molar-refractivity contribution is 5.85. The van der Waals surface area contributed by atoms with Crippen LogP contribution in [0.25, 0.3) is 0 Å². The Morgan fingerprint density at radius 3 is 2.48 bits per heavy atom. The van der Waals surface area contributed by atoms with Crippen LogP contribution in [0.5, 0.6) is 0 Å². The Kier molecular flexibility index (Phi) is 8.25. The molecule has 1 aromatic rings. The molecule has 1 aliphatic heterocycles. The van der Waals surface area contributed by atoms with E-state index in [0.717, 1.165) is 26.1 Å². The van der Waals surface area contributed by atoms with Crippen LogP contribution < -0.4 is 10.6 Å². The van der Waals surface area contributed by atoms with E-state index in [1.54, 1.807) is 0 Å². The van der Waals surface area contributed by atoms with Gasteiger partial charge in [0.15, 0.2) is 0 Å². The lowest BCUT2D eigenvalue weighted by atomic mass is 9.74. The third-order valence-corrected chi connectivity index (χ3v) is 6.01. The van der Waals surface area contributed by atoms with Gasteiger partial charge in [0.25, 0.3) is 0 Å². The Labute approximate surface area is 158 Å². The molecule has 1 amide bonds. The smallest absolute Gasteiger partial charge is 0.220 e. The number of halogens is 1. The molecule has 0 radical (unpaired) electrons. The molecule has 0 aromatic heterocycles. The van der Waals surface area contributed by atoms with Crippen molar-refractivity contribution in [3.8, 4) is 0 Å². The Morgan fingerprint density at radius 2 is 1.84 bits per heavy atom. The molecule has 4 heteroatoms. The number of benzene rings is 1. The number of carbonyl (C=O) groups is 1. The molecular formula is C21H33ClN2O. The van der Waals surface area contributed by atoms with E-state index in [1.165, 1.54) is 50.5 Å². The van der Waals surface area contributed by atoms with Gasteiger partial charge in [-0.25, -0.2) is 0 Å². The average molecular weight is 365 g/mol. The van der Waals surface area contributed by atoms with Gasteiger partial charge in [-0.15, -0.1) is 12.4 Å². The first kappa shape index (κ1) is 20.3. The maximum absolute atomic E-state index is 12.4. The second-order valence-corrected chi connectivity index (χ2v) is 7.73. The number of amides is 1. The van der Waals surface area contributed by atoms with Crippen molar-refractivity contribution in [2.45, 2.75) is 63.2 Å². The van der Waals surface area contributed by atoms with Crippen LogP contribution in [0, 0.1) is 5.92 Å². The molecule has 3 rings (SSSR count). The zero-order valence-corrected chi connectivity index (χ0v) is 16.1. The summed E-state index contributed by atoms with van der Waals surface area (Å²) in [7, 11) is 0. The van der Waals surface area contributed by atoms with Crippen LogP contribution in [-0.2, 0) is 10.2 Å². The lowest BCUT2D eigenvalue weighted by Gasteiger charge is -2.34. The molecule has 2 N–H and O–H groups in total. The summed E-state index contributed by atoms with van der Waals surface area (Å²) in [6.45, 7) is 3.00. The van der Waals surface area contributed by atoms with Gasteiger partial charge in [0.2, 0.25) is 5.91 Å². The molecular weight excluding hydrogens is 332 g/mol. The quantitative estimate of drug-likeness (QED) is 0.742. The highest BCUT2D eigenvalue weighted by atomic mass is 35.5. The molecule has 2 fully saturated rings. The summed E-state index contributed by atoms with van der Waals surface area (Å²) in [5.41, 5.74) is 1.55. The van der Waals surface area contributed by atoms with E-state index in [-0.39, 0.29) is 23.7 Å². The molecule has 1 heterocycles. The fourth-order valence-electron chi connectivity index (χ4n) is 4.42. The molecule has 1 atom stereocenters. The monoisotopic (exact) mass is 364 g/mol. The predicted molar refractivity (Wildman–Crippen MR) is 106 cm³/mol. The second kappa shape index (κ2) is 10.2.